The Balaban J connectivity index is 2.80. The van der Waals surface area contributed by atoms with Crippen LogP contribution in [0.25, 0.3) is 0 Å². The molecule has 0 saturated carbocycles. The molecule has 0 aliphatic heterocycles. The Labute approximate surface area is 116 Å². The smallest absolute Gasteiger partial charge is 0.239 e. The molecule has 0 fully saturated rings. The number of carbonyl (C=O) groups is 1. The third-order valence-corrected chi connectivity index (χ3v) is 3.26. The lowest BCUT2D eigenvalue weighted by molar-refractivity contribution is -0.119. The van der Waals surface area contributed by atoms with E-state index in [4.69, 9.17) is 0 Å². The van der Waals surface area contributed by atoms with Crippen molar-refractivity contribution in [2.75, 3.05) is 25.0 Å². The first-order chi connectivity index (χ1) is 8.45. The van der Waals surface area contributed by atoms with Gasteiger partial charge < -0.3 is 15.3 Å². The number of hydrogen-bond acceptors (Lipinski definition) is 3. The van der Waals surface area contributed by atoms with E-state index in [0.29, 0.717) is 13.1 Å². The number of hydrogen-bond donors (Lipinski definition) is 2. The second-order valence-corrected chi connectivity index (χ2v) is 5.05. The molecule has 0 saturated heterocycles. The predicted octanol–water partition coefficient (Wildman–Crippen LogP) is 2.07. The van der Waals surface area contributed by atoms with Crippen molar-refractivity contribution < 1.29 is 9.90 Å². The number of rotatable bonds is 5. The van der Waals surface area contributed by atoms with Crippen LogP contribution in [0.5, 0.6) is 0 Å². The van der Waals surface area contributed by atoms with Gasteiger partial charge in [0.25, 0.3) is 0 Å². The summed E-state index contributed by atoms with van der Waals surface area (Å²) in [7, 11) is 1.86. The quantitative estimate of drug-likeness (QED) is 0.875. The maximum absolute atomic E-state index is 11.5. The fourth-order valence-electron chi connectivity index (χ4n) is 1.65. The van der Waals surface area contributed by atoms with Crippen LogP contribution in [-0.2, 0) is 4.79 Å². The highest BCUT2D eigenvalue weighted by atomic mass is 79.9. The van der Waals surface area contributed by atoms with E-state index in [1.165, 1.54) is 0 Å². The molecule has 1 atom stereocenters. The summed E-state index contributed by atoms with van der Waals surface area (Å²) in [4.78, 5) is 13.4. The van der Waals surface area contributed by atoms with Crippen LogP contribution in [0.4, 0.5) is 5.69 Å². The average Bonchev–Trinajstić information content (AvgIpc) is 2.28. The van der Waals surface area contributed by atoms with E-state index in [2.05, 4.69) is 21.2 Å². The Morgan fingerprint density at radius 2 is 2.22 bits per heavy atom. The molecule has 4 nitrogen and oxygen atoms in total. The molecule has 0 aliphatic carbocycles. The summed E-state index contributed by atoms with van der Waals surface area (Å²) in [5.41, 5.74) is 1.77. The number of carbonyl (C=O) groups excluding carboxylic acids is 1. The highest BCUT2D eigenvalue weighted by Crippen LogP contribution is 2.28. The second kappa shape index (κ2) is 6.75. The monoisotopic (exact) mass is 314 g/mol. The van der Waals surface area contributed by atoms with E-state index >= 15 is 0 Å². The van der Waals surface area contributed by atoms with Crippen LogP contribution in [-0.4, -0.2) is 31.2 Å². The molecule has 0 heterocycles. The van der Waals surface area contributed by atoms with Gasteiger partial charge in [-0.05, 0) is 47.5 Å². The molecule has 5 heteroatoms. The number of anilines is 1. The summed E-state index contributed by atoms with van der Waals surface area (Å²) in [6, 6.07) is 5.62. The minimum Gasteiger partial charge on any atom is -0.389 e. The standard InChI is InChI=1S/C13H19BrN2O2/c1-4-15-13(18)8-16(3)12-6-5-10(9(2)17)7-11(12)14/h5-7,9,17H,4,8H2,1-3H3,(H,15,18)/t9-/m0/s1. The van der Waals surface area contributed by atoms with Gasteiger partial charge in [-0.15, -0.1) is 0 Å². The lowest BCUT2D eigenvalue weighted by Crippen LogP contribution is -2.35. The fourth-order valence-corrected chi connectivity index (χ4v) is 2.35. The Morgan fingerprint density at radius 3 is 2.72 bits per heavy atom. The third kappa shape index (κ3) is 3.99. The number of nitrogens with zero attached hydrogens (tertiary/aromatic N) is 1. The fraction of sp³-hybridized carbons (Fsp3) is 0.462. The van der Waals surface area contributed by atoms with E-state index in [-0.39, 0.29) is 5.91 Å². The molecular weight excluding hydrogens is 296 g/mol. The zero-order chi connectivity index (χ0) is 13.7. The van der Waals surface area contributed by atoms with Gasteiger partial charge in [-0.25, -0.2) is 0 Å². The maximum atomic E-state index is 11.5. The SMILES string of the molecule is CCNC(=O)CN(C)c1ccc([C@H](C)O)cc1Br. The van der Waals surface area contributed by atoms with Crippen molar-refractivity contribution in [3.8, 4) is 0 Å². The summed E-state index contributed by atoms with van der Waals surface area (Å²) >= 11 is 3.46. The Kier molecular flexibility index (Phi) is 5.62. The molecule has 0 bridgehead atoms. The first kappa shape index (κ1) is 15.0. The van der Waals surface area contributed by atoms with Gasteiger partial charge in [-0.2, -0.15) is 0 Å². The van der Waals surface area contributed by atoms with Crippen LogP contribution in [0.2, 0.25) is 0 Å². The molecule has 18 heavy (non-hydrogen) atoms. The Morgan fingerprint density at radius 1 is 1.56 bits per heavy atom. The van der Waals surface area contributed by atoms with Crippen LogP contribution in [0.1, 0.15) is 25.5 Å². The highest BCUT2D eigenvalue weighted by molar-refractivity contribution is 9.10. The van der Waals surface area contributed by atoms with Crippen molar-refractivity contribution in [1.29, 1.82) is 0 Å². The van der Waals surface area contributed by atoms with Crippen LogP contribution in [0, 0.1) is 0 Å². The molecule has 0 aliphatic rings. The van der Waals surface area contributed by atoms with Crippen LogP contribution in [0.3, 0.4) is 0 Å². The topological polar surface area (TPSA) is 52.6 Å². The van der Waals surface area contributed by atoms with Gasteiger partial charge in [-0.1, -0.05) is 6.07 Å². The van der Waals surface area contributed by atoms with Crippen molar-refractivity contribution in [2.45, 2.75) is 20.0 Å². The van der Waals surface area contributed by atoms with E-state index in [1.807, 2.05) is 37.1 Å². The zero-order valence-electron chi connectivity index (χ0n) is 10.9. The minimum absolute atomic E-state index is 0.00787. The van der Waals surface area contributed by atoms with E-state index in [1.54, 1.807) is 6.92 Å². The molecule has 2 N–H and O–H groups in total. The molecule has 1 aromatic rings. The third-order valence-electron chi connectivity index (χ3n) is 2.62. The minimum atomic E-state index is -0.496. The number of likely N-dealkylation sites (N-methyl/N-ethyl adjacent to an activating group) is 2. The summed E-state index contributed by atoms with van der Waals surface area (Å²) in [5, 5.41) is 12.3. The van der Waals surface area contributed by atoms with Gasteiger partial charge in [-0.3, -0.25) is 4.79 Å². The molecule has 100 valence electrons. The molecule has 0 spiro atoms. The molecule has 1 amide bonds. The Hall–Kier alpha value is -1.07. The van der Waals surface area contributed by atoms with Crippen molar-refractivity contribution in [1.82, 2.24) is 5.32 Å². The molecule has 0 unspecified atom stereocenters. The van der Waals surface area contributed by atoms with Gasteiger partial charge in [0.05, 0.1) is 18.3 Å². The number of halogens is 1. The molecule has 1 rings (SSSR count). The van der Waals surface area contributed by atoms with Gasteiger partial charge in [0.15, 0.2) is 0 Å². The molecule has 0 radical (unpaired) electrons. The van der Waals surface area contributed by atoms with Crippen molar-refractivity contribution in [3.05, 3.63) is 28.2 Å². The van der Waals surface area contributed by atoms with Crippen molar-refractivity contribution in [3.63, 3.8) is 0 Å². The number of aliphatic hydroxyl groups is 1. The first-order valence-corrected chi connectivity index (χ1v) is 6.70. The van der Waals surface area contributed by atoms with Gasteiger partial charge in [0.2, 0.25) is 5.91 Å². The molecular formula is C13H19BrN2O2. The van der Waals surface area contributed by atoms with Crippen molar-refractivity contribution >= 4 is 27.5 Å². The highest BCUT2D eigenvalue weighted by Gasteiger charge is 2.11. The average molecular weight is 315 g/mol. The lowest BCUT2D eigenvalue weighted by Gasteiger charge is -2.21. The predicted molar refractivity (Wildman–Crippen MR) is 76.7 cm³/mol. The summed E-state index contributed by atoms with van der Waals surface area (Å²) in [6.45, 7) is 4.56. The van der Waals surface area contributed by atoms with Crippen LogP contribution >= 0.6 is 15.9 Å². The molecule has 0 aromatic heterocycles. The van der Waals surface area contributed by atoms with E-state index < -0.39 is 6.10 Å². The lowest BCUT2D eigenvalue weighted by atomic mass is 10.1. The van der Waals surface area contributed by atoms with Gasteiger partial charge >= 0.3 is 0 Å². The zero-order valence-corrected chi connectivity index (χ0v) is 12.5. The van der Waals surface area contributed by atoms with Crippen LogP contribution < -0.4 is 10.2 Å². The van der Waals surface area contributed by atoms with E-state index in [9.17, 15) is 9.90 Å². The largest absolute Gasteiger partial charge is 0.389 e. The molecule has 1 aromatic carbocycles. The summed E-state index contributed by atoms with van der Waals surface area (Å²) in [5.74, 6) is -0.00787. The summed E-state index contributed by atoms with van der Waals surface area (Å²) < 4.78 is 0.868. The maximum Gasteiger partial charge on any atom is 0.239 e. The number of aliphatic hydroxyl groups excluding tert-OH is 1. The van der Waals surface area contributed by atoms with Crippen molar-refractivity contribution in [2.24, 2.45) is 0 Å². The first-order valence-electron chi connectivity index (χ1n) is 5.91. The second-order valence-electron chi connectivity index (χ2n) is 4.20. The van der Waals surface area contributed by atoms with Crippen LogP contribution in [0.15, 0.2) is 22.7 Å². The number of nitrogens with one attached hydrogen (secondary N) is 1. The van der Waals surface area contributed by atoms with E-state index in [0.717, 1.165) is 15.7 Å². The number of benzene rings is 1. The normalized spacial score (nSPS) is 12.1. The van der Waals surface area contributed by atoms with Gasteiger partial charge in [0, 0.05) is 18.1 Å². The number of amides is 1. The van der Waals surface area contributed by atoms with Gasteiger partial charge in [0.1, 0.15) is 0 Å². The Bertz CT molecular complexity index is 421. The summed E-state index contributed by atoms with van der Waals surface area (Å²) in [6.07, 6.45) is -0.496.